The average Bonchev–Trinajstić information content (AvgIpc) is 3.02. The van der Waals surface area contributed by atoms with Gasteiger partial charge in [0, 0.05) is 25.5 Å². The third-order valence-corrected chi connectivity index (χ3v) is 4.55. The van der Waals surface area contributed by atoms with Gasteiger partial charge in [-0.15, -0.1) is 0 Å². The molecule has 0 spiro atoms. The fourth-order valence-corrected chi connectivity index (χ4v) is 3.07. The number of anilines is 2. The Morgan fingerprint density at radius 3 is 2.48 bits per heavy atom. The first kappa shape index (κ1) is 20.6. The Morgan fingerprint density at radius 2 is 1.90 bits per heavy atom. The third kappa shape index (κ3) is 4.03. The van der Waals surface area contributed by atoms with Crippen molar-refractivity contribution in [2.75, 3.05) is 24.3 Å². The van der Waals surface area contributed by atoms with Crippen LogP contribution in [0.25, 0.3) is 11.0 Å². The number of carbonyl (C=O) groups excluding carboxylic acids is 1. The summed E-state index contributed by atoms with van der Waals surface area (Å²) in [6.07, 6.45) is -2.89. The zero-order valence-electron chi connectivity index (χ0n) is 16.8. The van der Waals surface area contributed by atoms with Gasteiger partial charge in [0.05, 0.1) is 34.4 Å². The number of aromatic nitrogens is 3. The molecule has 154 valence electrons. The van der Waals surface area contributed by atoms with E-state index >= 15 is 0 Å². The molecule has 1 amide bonds. The second kappa shape index (κ2) is 7.38. The lowest BCUT2D eigenvalue weighted by atomic mass is 10.1. The summed E-state index contributed by atoms with van der Waals surface area (Å²) in [4.78, 5) is 19.0. The number of nitrogens with one attached hydrogen (secondary N) is 1. The molecule has 0 unspecified atom stereocenters. The first-order valence-electron chi connectivity index (χ1n) is 9.04. The first-order chi connectivity index (χ1) is 13.5. The SMILES string of the molecule is Cc1nc2c(cnn2C(C)C)cc1C(=O)Nc1cc(C(F)(F)F)ccc1N(C)C. The molecule has 1 aromatic carbocycles. The number of rotatable bonds is 4. The zero-order chi connectivity index (χ0) is 21.5. The van der Waals surface area contributed by atoms with Gasteiger partial charge in [-0.2, -0.15) is 18.3 Å². The maximum absolute atomic E-state index is 13.1. The van der Waals surface area contributed by atoms with E-state index in [0.717, 1.165) is 12.1 Å². The van der Waals surface area contributed by atoms with Crippen molar-refractivity contribution in [3.05, 3.63) is 47.3 Å². The lowest BCUT2D eigenvalue weighted by molar-refractivity contribution is -0.137. The first-order valence-corrected chi connectivity index (χ1v) is 9.04. The Balaban J connectivity index is 2.01. The van der Waals surface area contributed by atoms with Crippen molar-refractivity contribution in [3.63, 3.8) is 0 Å². The normalized spacial score (nSPS) is 11.9. The minimum Gasteiger partial charge on any atom is -0.376 e. The van der Waals surface area contributed by atoms with Crippen molar-refractivity contribution in [3.8, 4) is 0 Å². The smallest absolute Gasteiger partial charge is 0.376 e. The molecule has 0 radical (unpaired) electrons. The fourth-order valence-electron chi connectivity index (χ4n) is 3.07. The molecule has 9 heteroatoms. The van der Waals surface area contributed by atoms with E-state index < -0.39 is 17.6 Å². The highest BCUT2D eigenvalue weighted by Gasteiger charge is 2.31. The van der Waals surface area contributed by atoms with Gasteiger partial charge in [-0.05, 0) is 45.0 Å². The molecule has 3 rings (SSSR count). The van der Waals surface area contributed by atoms with Crippen molar-refractivity contribution in [1.29, 1.82) is 0 Å². The molecule has 0 saturated heterocycles. The molecule has 0 saturated carbocycles. The van der Waals surface area contributed by atoms with Gasteiger partial charge in [-0.1, -0.05) is 0 Å². The molecule has 0 aliphatic rings. The standard InChI is InChI=1S/C20H22F3N5O/c1-11(2)28-18-13(10-24-28)8-15(12(3)25-18)19(29)26-16-9-14(20(21,22)23)6-7-17(16)27(4)5/h6-11H,1-5H3,(H,26,29). The lowest BCUT2D eigenvalue weighted by Crippen LogP contribution is -2.19. The third-order valence-electron chi connectivity index (χ3n) is 4.55. The second-order valence-electron chi connectivity index (χ2n) is 7.30. The molecule has 2 aromatic heterocycles. The van der Waals surface area contributed by atoms with Gasteiger partial charge in [0.2, 0.25) is 0 Å². The minimum absolute atomic E-state index is 0.0761. The summed E-state index contributed by atoms with van der Waals surface area (Å²) >= 11 is 0. The maximum Gasteiger partial charge on any atom is 0.416 e. The van der Waals surface area contributed by atoms with E-state index in [1.54, 1.807) is 42.9 Å². The lowest BCUT2D eigenvalue weighted by Gasteiger charge is -2.20. The monoisotopic (exact) mass is 405 g/mol. The molecule has 2 heterocycles. The largest absolute Gasteiger partial charge is 0.416 e. The summed E-state index contributed by atoms with van der Waals surface area (Å²) in [5.74, 6) is -0.531. The zero-order valence-corrected chi connectivity index (χ0v) is 16.8. The summed E-state index contributed by atoms with van der Waals surface area (Å²) < 4.78 is 41.1. The molecule has 0 aliphatic heterocycles. The van der Waals surface area contributed by atoms with E-state index in [1.165, 1.54) is 6.07 Å². The van der Waals surface area contributed by atoms with Crippen molar-refractivity contribution >= 4 is 28.3 Å². The van der Waals surface area contributed by atoms with Gasteiger partial charge >= 0.3 is 6.18 Å². The van der Waals surface area contributed by atoms with Gasteiger partial charge in [0.15, 0.2) is 5.65 Å². The van der Waals surface area contributed by atoms with Crippen LogP contribution in [0.3, 0.4) is 0 Å². The van der Waals surface area contributed by atoms with Gasteiger partial charge < -0.3 is 10.2 Å². The minimum atomic E-state index is -4.51. The molecule has 1 N–H and O–H groups in total. The Hall–Kier alpha value is -3.10. The van der Waals surface area contributed by atoms with E-state index in [2.05, 4.69) is 15.4 Å². The number of hydrogen-bond donors (Lipinski definition) is 1. The topological polar surface area (TPSA) is 63.1 Å². The molecule has 0 atom stereocenters. The average molecular weight is 405 g/mol. The van der Waals surface area contributed by atoms with Crippen LogP contribution >= 0.6 is 0 Å². The highest BCUT2D eigenvalue weighted by molar-refractivity contribution is 6.08. The van der Waals surface area contributed by atoms with Crippen LogP contribution in [0.4, 0.5) is 24.5 Å². The molecular formula is C20H22F3N5O. The maximum atomic E-state index is 13.1. The van der Waals surface area contributed by atoms with Gasteiger partial charge in [-0.25, -0.2) is 9.67 Å². The van der Waals surface area contributed by atoms with Gasteiger partial charge in [0.25, 0.3) is 5.91 Å². The predicted octanol–water partition coefficient (Wildman–Crippen LogP) is 4.66. The summed E-state index contributed by atoms with van der Waals surface area (Å²) in [7, 11) is 3.38. The Labute approximate surface area is 166 Å². The van der Waals surface area contributed by atoms with Crippen LogP contribution in [0.1, 0.15) is 41.5 Å². The number of aryl methyl sites for hydroxylation is 1. The van der Waals surface area contributed by atoms with E-state index in [1.807, 2.05) is 13.8 Å². The Bertz CT molecular complexity index is 1070. The quantitative estimate of drug-likeness (QED) is 0.686. The van der Waals surface area contributed by atoms with E-state index in [0.29, 0.717) is 22.4 Å². The Kier molecular flexibility index (Phi) is 5.25. The van der Waals surface area contributed by atoms with Gasteiger partial charge in [0.1, 0.15) is 0 Å². The summed E-state index contributed by atoms with van der Waals surface area (Å²) in [5.41, 5.74) is 1.11. The Morgan fingerprint density at radius 1 is 1.21 bits per heavy atom. The molecule has 0 aliphatic carbocycles. The van der Waals surface area contributed by atoms with Crippen LogP contribution in [0.2, 0.25) is 0 Å². The number of benzene rings is 1. The summed E-state index contributed by atoms with van der Waals surface area (Å²) in [5, 5.41) is 7.58. The molecule has 3 aromatic rings. The van der Waals surface area contributed by atoms with Crippen LogP contribution in [-0.4, -0.2) is 34.8 Å². The number of amides is 1. The van der Waals surface area contributed by atoms with Crippen molar-refractivity contribution in [1.82, 2.24) is 14.8 Å². The molecular weight excluding hydrogens is 383 g/mol. The van der Waals surface area contributed by atoms with Gasteiger partial charge in [-0.3, -0.25) is 4.79 Å². The van der Waals surface area contributed by atoms with Crippen LogP contribution < -0.4 is 10.2 Å². The number of hydrogen-bond acceptors (Lipinski definition) is 4. The van der Waals surface area contributed by atoms with E-state index in [9.17, 15) is 18.0 Å². The predicted molar refractivity (Wildman–Crippen MR) is 106 cm³/mol. The van der Waals surface area contributed by atoms with Crippen molar-refractivity contribution < 1.29 is 18.0 Å². The summed E-state index contributed by atoms with van der Waals surface area (Å²) in [6, 6.07) is 5.02. The highest BCUT2D eigenvalue weighted by atomic mass is 19.4. The number of pyridine rings is 1. The molecule has 0 fully saturated rings. The number of halogens is 3. The van der Waals surface area contributed by atoms with Crippen LogP contribution in [-0.2, 0) is 6.18 Å². The highest BCUT2D eigenvalue weighted by Crippen LogP contribution is 2.35. The van der Waals surface area contributed by atoms with Crippen LogP contribution in [0.15, 0.2) is 30.5 Å². The van der Waals surface area contributed by atoms with Crippen molar-refractivity contribution in [2.24, 2.45) is 0 Å². The number of fused-ring (bicyclic) bond motifs is 1. The number of alkyl halides is 3. The van der Waals surface area contributed by atoms with Crippen molar-refractivity contribution in [2.45, 2.75) is 33.0 Å². The fraction of sp³-hybridized carbons (Fsp3) is 0.350. The summed E-state index contributed by atoms with van der Waals surface area (Å²) in [6.45, 7) is 5.63. The van der Waals surface area contributed by atoms with Crippen LogP contribution in [0.5, 0.6) is 0 Å². The molecule has 0 bridgehead atoms. The van der Waals surface area contributed by atoms with E-state index in [-0.39, 0.29) is 17.3 Å². The second-order valence-corrected chi connectivity index (χ2v) is 7.30. The molecule has 29 heavy (non-hydrogen) atoms. The number of nitrogens with zero attached hydrogens (tertiary/aromatic N) is 4. The van der Waals surface area contributed by atoms with Crippen LogP contribution in [0, 0.1) is 6.92 Å². The molecule has 6 nitrogen and oxygen atoms in total. The number of carbonyl (C=O) groups is 1. The van der Waals surface area contributed by atoms with E-state index in [4.69, 9.17) is 0 Å².